The standard InChI is InChI=1S/C21H26N2O5S/c1-17-4-2-3-5-19(17)26-13-12-22-8-10-23(11-9-22)29(24,25)18-6-7-20-21(16-18)28-15-14-27-20/h2-7,16H,8-15H2,1H3/p+1. The molecule has 0 saturated carbocycles. The summed E-state index contributed by atoms with van der Waals surface area (Å²) in [6.45, 7) is 6.94. The number of quaternary nitrogens is 1. The molecule has 1 saturated heterocycles. The number of rotatable bonds is 6. The van der Waals surface area contributed by atoms with Gasteiger partial charge in [-0.25, -0.2) is 8.42 Å². The van der Waals surface area contributed by atoms with Crippen LogP contribution in [0.3, 0.4) is 0 Å². The molecule has 0 bridgehead atoms. The number of nitrogens with zero attached hydrogens (tertiary/aromatic N) is 1. The highest BCUT2D eigenvalue weighted by molar-refractivity contribution is 7.89. The highest BCUT2D eigenvalue weighted by atomic mass is 32.2. The average Bonchev–Trinajstić information content (AvgIpc) is 2.75. The number of benzene rings is 2. The van der Waals surface area contributed by atoms with Gasteiger partial charge in [-0.1, -0.05) is 18.2 Å². The van der Waals surface area contributed by atoms with Gasteiger partial charge in [0.2, 0.25) is 10.0 Å². The van der Waals surface area contributed by atoms with Crippen LogP contribution in [0, 0.1) is 6.92 Å². The van der Waals surface area contributed by atoms with E-state index in [1.165, 1.54) is 4.90 Å². The number of piperazine rings is 1. The third kappa shape index (κ3) is 4.49. The van der Waals surface area contributed by atoms with Crippen LogP contribution in [0.4, 0.5) is 0 Å². The van der Waals surface area contributed by atoms with Crippen molar-refractivity contribution in [3.63, 3.8) is 0 Å². The average molecular weight is 420 g/mol. The van der Waals surface area contributed by atoms with Gasteiger partial charge in [0, 0.05) is 6.07 Å². The summed E-state index contributed by atoms with van der Waals surface area (Å²) >= 11 is 0. The van der Waals surface area contributed by atoms with Gasteiger partial charge < -0.3 is 19.1 Å². The maximum absolute atomic E-state index is 13.0. The summed E-state index contributed by atoms with van der Waals surface area (Å²) in [6, 6.07) is 12.8. The van der Waals surface area contributed by atoms with Crippen molar-refractivity contribution in [2.45, 2.75) is 11.8 Å². The van der Waals surface area contributed by atoms with Gasteiger partial charge in [-0.2, -0.15) is 4.31 Å². The summed E-state index contributed by atoms with van der Waals surface area (Å²) in [5.74, 6) is 2.00. The lowest BCUT2D eigenvalue weighted by Crippen LogP contribution is -3.15. The topological polar surface area (TPSA) is 69.5 Å². The highest BCUT2D eigenvalue weighted by Gasteiger charge is 2.31. The van der Waals surface area contributed by atoms with E-state index in [4.69, 9.17) is 14.2 Å². The Morgan fingerprint density at radius 1 is 1.03 bits per heavy atom. The first-order chi connectivity index (χ1) is 14.0. The van der Waals surface area contributed by atoms with Crippen molar-refractivity contribution in [3.8, 4) is 17.2 Å². The molecule has 0 amide bonds. The smallest absolute Gasteiger partial charge is 0.243 e. The van der Waals surface area contributed by atoms with Gasteiger partial charge in [0.15, 0.2) is 11.5 Å². The van der Waals surface area contributed by atoms with Gasteiger partial charge in [-0.3, -0.25) is 0 Å². The molecular weight excluding hydrogens is 392 g/mol. The summed E-state index contributed by atoms with van der Waals surface area (Å²) < 4.78 is 44.5. The number of aryl methyl sites for hydroxylation is 1. The number of ether oxygens (including phenoxy) is 3. The van der Waals surface area contributed by atoms with E-state index >= 15 is 0 Å². The van der Waals surface area contributed by atoms with E-state index in [9.17, 15) is 8.42 Å². The summed E-state index contributed by atoms with van der Waals surface area (Å²) in [6.07, 6.45) is 0. The SMILES string of the molecule is Cc1ccccc1OCC[NH+]1CCN(S(=O)(=O)c2ccc3c(c2)OCCO3)CC1. The van der Waals surface area contributed by atoms with Crippen molar-refractivity contribution < 1.29 is 27.5 Å². The quantitative estimate of drug-likeness (QED) is 0.748. The Morgan fingerprint density at radius 3 is 2.52 bits per heavy atom. The largest absolute Gasteiger partial charge is 0.487 e. The Bertz CT molecular complexity index is 955. The lowest BCUT2D eigenvalue weighted by atomic mass is 10.2. The molecule has 7 nitrogen and oxygen atoms in total. The van der Waals surface area contributed by atoms with Gasteiger partial charge in [-0.15, -0.1) is 0 Å². The second-order valence-electron chi connectivity index (χ2n) is 7.32. The molecule has 4 rings (SSSR count). The Labute approximate surface area is 171 Å². The molecule has 0 aromatic heterocycles. The van der Waals surface area contributed by atoms with Crippen LogP contribution in [0.1, 0.15) is 5.56 Å². The second kappa shape index (κ2) is 8.61. The van der Waals surface area contributed by atoms with E-state index in [1.54, 1.807) is 22.5 Å². The molecule has 1 N–H and O–H groups in total. The lowest BCUT2D eigenvalue weighted by molar-refractivity contribution is -0.903. The first-order valence-electron chi connectivity index (χ1n) is 9.96. The molecule has 8 heteroatoms. The van der Waals surface area contributed by atoms with Crippen LogP contribution in [0.5, 0.6) is 17.2 Å². The molecule has 2 aliphatic heterocycles. The minimum absolute atomic E-state index is 0.257. The fraction of sp³-hybridized carbons (Fsp3) is 0.429. The highest BCUT2D eigenvalue weighted by Crippen LogP contribution is 2.33. The maximum Gasteiger partial charge on any atom is 0.243 e. The predicted molar refractivity (Wildman–Crippen MR) is 108 cm³/mol. The fourth-order valence-electron chi connectivity index (χ4n) is 3.65. The Balaban J connectivity index is 1.31. The first-order valence-corrected chi connectivity index (χ1v) is 11.4. The number of hydrogen-bond donors (Lipinski definition) is 1. The summed E-state index contributed by atoms with van der Waals surface area (Å²) in [5, 5.41) is 0. The summed E-state index contributed by atoms with van der Waals surface area (Å²) in [5.41, 5.74) is 1.12. The van der Waals surface area contributed by atoms with Gasteiger partial charge in [0.05, 0.1) is 31.1 Å². The molecule has 0 aliphatic carbocycles. The van der Waals surface area contributed by atoms with Crippen LogP contribution in [-0.4, -0.2) is 65.3 Å². The van der Waals surface area contributed by atoms with Crippen molar-refractivity contribution in [2.24, 2.45) is 0 Å². The van der Waals surface area contributed by atoms with Crippen LogP contribution in [0.2, 0.25) is 0 Å². The van der Waals surface area contributed by atoms with Crippen LogP contribution >= 0.6 is 0 Å². The third-order valence-electron chi connectivity index (χ3n) is 5.39. The van der Waals surface area contributed by atoms with Gasteiger partial charge in [0.1, 0.15) is 32.1 Å². The zero-order valence-corrected chi connectivity index (χ0v) is 17.4. The fourth-order valence-corrected chi connectivity index (χ4v) is 5.11. The van der Waals surface area contributed by atoms with Crippen molar-refractivity contribution in [3.05, 3.63) is 48.0 Å². The number of para-hydroxylation sites is 1. The predicted octanol–water partition coefficient (Wildman–Crippen LogP) is 0.734. The first kappa shape index (κ1) is 20.0. The molecule has 2 aromatic rings. The molecule has 156 valence electrons. The Hall–Kier alpha value is -2.29. The number of hydrogen-bond acceptors (Lipinski definition) is 5. The van der Waals surface area contributed by atoms with E-state index in [0.29, 0.717) is 44.4 Å². The Morgan fingerprint density at radius 2 is 1.76 bits per heavy atom. The molecule has 1 fully saturated rings. The van der Waals surface area contributed by atoms with Gasteiger partial charge in [-0.05, 0) is 30.7 Å². The second-order valence-corrected chi connectivity index (χ2v) is 9.26. The molecule has 29 heavy (non-hydrogen) atoms. The molecular formula is C21H27N2O5S+. The van der Waals surface area contributed by atoms with E-state index in [1.807, 2.05) is 31.2 Å². The van der Waals surface area contributed by atoms with E-state index in [-0.39, 0.29) is 4.90 Å². The summed E-state index contributed by atoms with van der Waals surface area (Å²) in [4.78, 5) is 1.61. The third-order valence-corrected chi connectivity index (χ3v) is 7.28. The van der Waals surface area contributed by atoms with Crippen LogP contribution in [0.15, 0.2) is 47.4 Å². The number of sulfonamides is 1. The van der Waals surface area contributed by atoms with E-state index in [0.717, 1.165) is 30.9 Å². The molecule has 0 unspecified atom stereocenters. The van der Waals surface area contributed by atoms with Crippen molar-refractivity contribution in [2.75, 3.05) is 52.5 Å². The summed E-state index contributed by atoms with van der Waals surface area (Å²) in [7, 11) is -3.53. The minimum Gasteiger partial charge on any atom is -0.487 e. The van der Waals surface area contributed by atoms with E-state index in [2.05, 4.69) is 0 Å². The maximum atomic E-state index is 13.0. The molecule has 2 aromatic carbocycles. The van der Waals surface area contributed by atoms with Crippen molar-refractivity contribution in [1.29, 1.82) is 0 Å². The minimum atomic E-state index is -3.53. The molecule has 0 atom stereocenters. The normalized spacial score (nSPS) is 17.8. The monoisotopic (exact) mass is 419 g/mol. The van der Waals surface area contributed by atoms with Gasteiger partial charge >= 0.3 is 0 Å². The van der Waals surface area contributed by atoms with Crippen LogP contribution < -0.4 is 19.1 Å². The lowest BCUT2D eigenvalue weighted by Gasteiger charge is -2.31. The van der Waals surface area contributed by atoms with Gasteiger partial charge in [0.25, 0.3) is 0 Å². The number of fused-ring (bicyclic) bond motifs is 1. The van der Waals surface area contributed by atoms with Crippen LogP contribution in [-0.2, 0) is 10.0 Å². The molecule has 2 aliphatic rings. The molecule has 0 spiro atoms. The zero-order chi connectivity index (χ0) is 20.3. The zero-order valence-electron chi connectivity index (χ0n) is 16.6. The van der Waals surface area contributed by atoms with E-state index < -0.39 is 10.0 Å². The Kier molecular flexibility index (Phi) is 5.94. The van der Waals surface area contributed by atoms with Crippen molar-refractivity contribution in [1.82, 2.24) is 4.31 Å². The molecule has 2 heterocycles. The number of nitrogens with one attached hydrogen (secondary N) is 1. The van der Waals surface area contributed by atoms with Crippen LogP contribution in [0.25, 0.3) is 0 Å². The molecule has 0 radical (unpaired) electrons. The van der Waals surface area contributed by atoms with Crippen molar-refractivity contribution >= 4 is 10.0 Å².